The first kappa shape index (κ1) is 18.0. The van der Waals surface area contributed by atoms with Crippen LogP contribution in [0.25, 0.3) is 0 Å². The zero-order valence-corrected chi connectivity index (χ0v) is 13.7. The molecule has 0 fully saturated rings. The number of nitrogens with one attached hydrogen (secondary N) is 1. The molecular formula is C16H23NO5. The molecule has 0 aliphatic rings. The van der Waals surface area contributed by atoms with Gasteiger partial charge in [0.05, 0.1) is 14.2 Å². The number of rotatable bonds is 7. The summed E-state index contributed by atoms with van der Waals surface area (Å²) in [7, 11) is 4.25. The molecule has 0 aliphatic carbocycles. The Bertz CT molecular complexity index is 543. The van der Waals surface area contributed by atoms with Crippen molar-refractivity contribution in [2.24, 2.45) is 0 Å². The van der Waals surface area contributed by atoms with E-state index >= 15 is 0 Å². The summed E-state index contributed by atoms with van der Waals surface area (Å²) < 4.78 is 15.2. The Balaban J connectivity index is 3.03. The molecule has 1 amide bonds. The van der Waals surface area contributed by atoms with Gasteiger partial charge in [0.1, 0.15) is 16.9 Å². The second-order valence-corrected chi connectivity index (χ2v) is 5.05. The van der Waals surface area contributed by atoms with Crippen molar-refractivity contribution in [2.75, 3.05) is 26.6 Å². The van der Waals surface area contributed by atoms with Crippen LogP contribution in [0, 0.1) is 0 Å². The fraction of sp³-hybridized carbons (Fsp3) is 0.500. The second-order valence-electron chi connectivity index (χ2n) is 5.05. The lowest BCUT2D eigenvalue weighted by molar-refractivity contribution is -0.136. The molecule has 0 bridgehead atoms. The van der Waals surface area contributed by atoms with E-state index in [9.17, 15) is 9.59 Å². The highest BCUT2D eigenvalue weighted by Crippen LogP contribution is 2.25. The number of benzene rings is 1. The molecule has 1 atom stereocenters. The first-order valence-corrected chi connectivity index (χ1v) is 7.04. The van der Waals surface area contributed by atoms with Gasteiger partial charge in [-0.1, -0.05) is 13.3 Å². The standard InChI is InChI=1S/C16H23NO5/c1-6-9-16(2,22-5)15(19)17-11-7-8-13(20-3)12(10-11)14(18)21-4/h7-8,10H,6,9H2,1-5H3,(H,17,19)/t16-/m0/s1. The molecule has 1 rings (SSSR count). The highest BCUT2D eigenvalue weighted by Gasteiger charge is 2.32. The van der Waals surface area contributed by atoms with Crippen LogP contribution in [-0.4, -0.2) is 38.8 Å². The average molecular weight is 309 g/mol. The smallest absolute Gasteiger partial charge is 0.341 e. The van der Waals surface area contributed by atoms with Gasteiger partial charge in [0.2, 0.25) is 0 Å². The molecule has 1 aromatic rings. The minimum Gasteiger partial charge on any atom is -0.496 e. The Labute approximate surface area is 130 Å². The Kier molecular flexibility index (Phi) is 6.37. The third-order valence-electron chi connectivity index (χ3n) is 3.52. The van der Waals surface area contributed by atoms with Crippen LogP contribution in [0.2, 0.25) is 0 Å². The number of carbonyl (C=O) groups excluding carboxylic acids is 2. The lowest BCUT2D eigenvalue weighted by atomic mass is 9.99. The molecule has 1 N–H and O–H groups in total. The van der Waals surface area contributed by atoms with E-state index in [1.54, 1.807) is 19.1 Å². The van der Waals surface area contributed by atoms with Crippen molar-refractivity contribution < 1.29 is 23.8 Å². The van der Waals surface area contributed by atoms with Gasteiger partial charge in [0, 0.05) is 12.8 Å². The van der Waals surface area contributed by atoms with E-state index in [1.165, 1.54) is 27.4 Å². The SMILES string of the molecule is CCC[C@](C)(OC)C(=O)Nc1ccc(OC)c(C(=O)OC)c1. The van der Waals surface area contributed by atoms with Crippen molar-refractivity contribution in [1.82, 2.24) is 0 Å². The maximum Gasteiger partial charge on any atom is 0.341 e. The highest BCUT2D eigenvalue weighted by atomic mass is 16.5. The number of methoxy groups -OCH3 is 3. The second kappa shape index (κ2) is 7.79. The Hall–Kier alpha value is -2.08. The zero-order chi connectivity index (χ0) is 16.8. The predicted octanol–water partition coefficient (Wildman–Crippen LogP) is 2.63. The number of carbonyl (C=O) groups is 2. The van der Waals surface area contributed by atoms with Crippen molar-refractivity contribution in [3.63, 3.8) is 0 Å². The molecule has 1 aromatic carbocycles. The Morgan fingerprint density at radius 1 is 1.23 bits per heavy atom. The van der Waals surface area contributed by atoms with Crippen molar-refractivity contribution >= 4 is 17.6 Å². The minimum absolute atomic E-state index is 0.248. The van der Waals surface area contributed by atoms with E-state index in [4.69, 9.17) is 14.2 Å². The summed E-state index contributed by atoms with van der Waals surface area (Å²) in [5.41, 5.74) is -0.192. The van der Waals surface area contributed by atoms with Crippen molar-refractivity contribution in [1.29, 1.82) is 0 Å². The molecule has 122 valence electrons. The number of hydrogen-bond acceptors (Lipinski definition) is 5. The quantitative estimate of drug-likeness (QED) is 0.784. The number of anilines is 1. The molecule has 0 unspecified atom stereocenters. The molecule has 0 saturated carbocycles. The van der Waals surface area contributed by atoms with Crippen molar-refractivity contribution in [3.05, 3.63) is 23.8 Å². The summed E-state index contributed by atoms with van der Waals surface area (Å²) in [6, 6.07) is 4.78. The summed E-state index contributed by atoms with van der Waals surface area (Å²) in [5.74, 6) is -0.415. The van der Waals surface area contributed by atoms with Gasteiger partial charge in [-0.05, 0) is 31.5 Å². The monoisotopic (exact) mass is 309 g/mol. The number of hydrogen-bond donors (Lipinski definition) is 1. The van der Waals surface area contributed by atoms with E-state index < -0.39 is 11.6 Å². The van der Waals surface area contributed by atoms with Gasteiger partial charge in [0.15, 0.2) is 0 Å². The fourth-order valence-electron chi connectivity index (χ4n) is 2.10. The largest absolute Gasteiger partial charge is 0.496 e. The lowest BCUT2D eigenvalue weighted by Gasteiger charge is -2.26. The van der Waals surface area contributed by atoms with Crippen LogP contribution in [0.15, 0.2) is 18.2 Å². The molecule has 22 heavy (non-hydrogen) atoms. The van der Waals surface area contributed by atoms with Crippen molar-refractivity contribution in [2.45, 2.75) is 32.3 Å². The van der Waals surface area contributed by atoms with Crippen LogP contribution in [0.5, 0.6) is 5.75 Å². The third kappa shape index (κ3) is 3.98. The molecule has 0 radical (unpaired) electrons. The highest BCUT2D eigenvalue weighted by molar-refractivity contribution is 5.99. The van der Waals surface area contributed by atoms with Crippen LogP contribution in [0.1, 0.15) is 37.0 Å². The normalized spacial score (nSPS) is 13.1. The van der Waals surface area contributed by atoms with Gasteiger partial charge in [0.25, 0.3) is 5.91 Å². The molecule has 6 nitrogen and oxygen atoms in total. The van der Waals surface area contributed by atoms with Gasteiger partial charge in [-0.25, -0.2) is 4.79 Å². The van der Waals surface area contributed by atoms with E-state index in [0.29, 0.717) is 17.9 Å². The number of ether oxygens (including phenoxy) is 3. The summed E-state index contributed by atoms with van der Waals surface area (Å²) in [6.45, 7) is 3.71. The van der Waals surface area contributed by atoms with Gasteiger partial charge >= 0.3 is 5.97 Å². The molecular weight excluding hydrogens is 286 g/mol. The lowest BCUT2D eigenvalue weighted by Crippen LogP contribution is -2.41. The summed E-state index contributed by atoms with van der Waals surface area (Å²) in [5, 5.41) is 2.76. The van der Waals surface area contributed by atoms with Gasteiger partial charge in [-0.3, -0.25) is 4.79 Å². The molecule has 0 aromatic heterocycles. The number of amides is 1. The number of esters is 1. The van der Waals surface area contributed by atoms with Gasteiger partial charge in [-0.15, -0.1) is 0 Å². The fourth-order valence-corrected chi connectivity index (χ4v) is 2.10. The van der Waals surface area contributed by atoms with Crippen molar-refractivity contribution in [3.8, 4) is 5.75 Å². The van der Waals surface area contributed by atoms with Crippen LogP contribution in [0.3, 0.4) is 0 Å². The third-order valence-corrected chi connectivity index (χ3v) is 3.52. The molecule has 6 heteroatoms. The first-order chi connectivity index (χ1) is 10.4. The Morgan fingerprint density at radius 2 is 1.91 bits per heavy atom. The first-order valence-electron chi connectivity index (χ1n) is 7.04. The predicted molar refractivity (Wildman–Crippen MR) is 83.3 cm³/mol. The summed E-state index contributed by atoms with van der Waals surface area (Å²) in [6.07, 6.45) is 1.41. The van der Waals surface area contributed by atoms with E-state index in [-0.39, 0.29) is 11.5 Å². The summed E-state index contributed by atoms with van der Waals surface area (Å²) in [4.78, 5) is 24.1. The van der Waals surface area contributed by atoms with Gasteiger partial charge < -0.3 is 19.5 Å². The molecule has 0 saturated heterocycles. The van der Waals surface area contributed by atoms with Crippen LogP contribution in [-0.2, 0) is 14.3 Å². The van der Waals surface area contributed by atoms with E-state index in [1.807, 2.05) is 6.92 Å². The van der Waals surface area contributed by atoms with Crippen LogP contribution in [0.4, 0.5) is 5.69 Å². The average Bonchev–Trinajstić information content (AvgIpc) is 2.53. The topological polar surface area (TPSA) is 73.9 Å². The van der Waals surface area contributed by atoms with Gasteiger partial charge in [-0.2, -0.15) is 0 Å². The maximum absolute atomic E-state index is 12.4. The summed E-state index contributed by atoms with van der Waals surface area (Å²) >= 11 is 0. The maximum atomic E-state index is 12.4. The van der Waals surface area contributed by atoms with E-state index in [2.05, 4.69) is 5.32 Å². The molecule has 0 aliphatic heterocycles. The molecule has 0 spiro atoms. The zero-order valence-electron chi connectivity index (χ0n) is 13.7. The minimum atomic E-state index is -0.917. The van der Waals surface area contributed by atoms with E-state index in [0.717, 1.165) is 6.42 Å². The molecule has 0 heterocycles. The Morgan fingerprint density at radius 3 is 2.41 bits per heavy atom. The van der Waals surface area contributed by atoms with Crippen LogP contribution < -0.4 is 10.1 Å². The van der Waals surface area contributed by atoms with Crippen LogP contribution >= 0.6 is 0 Å².